The van der Waals surface area contributed by atoms with Crippen LogP contribution in [-0.2, 0) is 10.5 Å². The second-order valence-electron chi connectivity index (χ2n) is 4.13. The van der Waals surface area contributed by atoms with Gasteiger partial charge in [-0.25, -0.2) is 0 Å². The number of para-hydroxylation sites is 1. The lowest BCUT2D eigenvalue weighted by molar-refractivity contribution is -0.137. The van der Waals surface area contributed by atoms with E-state index in [0.29, 0.717) is 5.75 Å². The lowest BCUT2D eigenvalue weighted by Crippen LogP contribution is -2.22. The number of carbonyl (C=O) groups is 1. The maximum Gasteiger partial charge on any atom is 0.316 e. The fourth-order valence-corrected chi connectivity index (χ4v) is 2.68. The van der Waals surface area contributed by atoms with Gasteiger partial charge in [-0.1, -0.05) is 32.0 Å². The summed E-state index contributed by atoms with van der Waals surface area (Å²) in [6, 6.07) is 7.69. The van der Waals surface area contributed by atoms with E-state index in [4.69, 9.17) is 9.84 Å². The molecule has 1 N–H and O–H groups in total. The Bertz CT molecular complexity index is 377. The van der Waals surface area contributed by atoms with Crippen molar-refractivity contribution in [2.45, 2.75) is 24.9 Å². The predicted octanol–water partition coefficient (Wildman–Crippen LogP) is 3.04. The van der Waals surface area contributed by atoms with Gasteiger partial charge in [0.2, 0.25) is 0 Å². The molecular weight excluding hydrogens is 236 g/mol. The molecule has 0 spiro atoms. The summed E-state index contributed by atoms with van der Waals surface area (Å²) in [6.07, 6.45) is 0. The first-order valence-corrected chi connectivity index (χ1v) is 6.57. The highest BCUT2D eigenvalue weighted by atomic mass is 32.2. The Morgan fingerprint density at radius 2 is 2.06 bits per heavy atom. The van der Waals surface area contributed by atoms with Crippen molar-refractivity contribution in [2.24, 2.45) is 5.92 Å². The summed E-state index contributed by atoms with van der Waals surface area (Å²) in [4.78, 5) is 11.1. The Kier molecular flexibility index (Phi) is 5.35. The minimum Gasteiger partial charge on any atom is -0.496 e. The number of hydrogen-bond acceptors (Lipinski definition) is 3. The summed E-state index contributed by atoms with van der Waals surface area (Å²) in [6.45, 7) is 3.85. The third-order valence-electron chi connectivity index (χ3n) is 2.46. The molecule has 1 rings (SSSR count). The SMILES string of the molecule is COc1ccccc1CSC(C(=O)O)C(C)C. The van der Waals surface area contributed by atoms with Gasteiger partial charge in [0.05, 0.1) is 7.11 Å². The Morgan fingerprint density at radius 3 is 2.59 bits per heavy atom. The normalized spacial score (nSPS) is 12.5. The number of ether oxygens (including phenoxy) is 1. The van der Waals surface area contributed by atoms with Gasteiger partial charge in [-0.15, -0.1) is 11.8 Å². The number of methoxy groups -OCH3 is 1. The number of thioether (sulfide) groups is 1. The van der Waals surface area contributed by atoms with Crippen molar-refractivity contribution in [3.05, 3.63) is 29.8 Å². The molecule has 0 amide bonds. The molecular formula is C13H18O3S. The van der Waals surface area contributed by atoms with Crippen LogP contribution in [0.2, 0.25) is 0 Å². The van der Waals surface area contributed by atoms with Crippen molar-refractivity contribution in [2.75, 3.05) is 7.11 Å². The third-order valence-corrected chi connectivity index (χ3v) is 4.04. The Balaban J connectivity index is 2.68. The monoisotopic (exact) mass is 254 g/mol. The van der Waals surface area contributed by atoms with E-state index in [-0.39, 0.29) is 11.2 Å². The minimum atomic E-state index is -0.750. The van der Waals surface area contributed by atoms with Gasteiger partial charge in [0.15, 0.2) is 0 Å². The quantitative estimate of drug-likeness (QED) is 0.847. The highest BCUT2D eigenvalue weighted by Gasteiger charge is 2.22. The molecule has 0 aliphatic heterocycles. The molecule has 0 radical (unpaired) electrons. The summed E-state index contributed by atoms with van der Waals surface area (Å²) in [5, 5.41) is 8.72. The lowest BCUT2D eigenvalue weighted by atomic mass is 10.1. The highest BCUT2D eigenvalue weighted by molar-refractivity contribution is 7.99. The van der Waals surface area contributed by atoms with E-state index >= 15 is 0 Å². The zero-order valence-corrected chi connectivity index (χ0v) is 11.2. The second kappa shape index (κ2) is 6.55. The van der Waals surface area contributed by atoms with Crippen molar-refractivity contribution >= 4 is 17.7 Å². The van der Waals surface area contributed by atoms with Crippen LogP contribution in [0.5, 0.6) is 5.75 Å². The fraction of sp³-hybridized carbons (Fsp3) is 0.462. The number of benzene rings is 1. The molecule has 0 heterocycles. The van der Waals surface area contributed by atoms with Gasteiger partial charge in [0.1, 0.15) is 11.0 Å². The van der Waals surface area contributed by atoms with Crippen molar-refractivity contribution in [1.82, 2.24) is 0 Å². The van der Waals surface area contributed by atoms with E-state index < -0.39 is 5.97 Å². The Morgan fingerprint density at radius 1 is 1.41 bits per heavy atom. The number of aliphatic carboxylic acids is 1. The molecule has 1 aromatic rings. The molecule has 0 bridgehead atoms. The molecule has 17 heavy (non-hydrogen) atoms. The first-order valence-electron chi connectivity index (χ1n) is 5.52. The first-order chi connectivity index (χ1) is 8.06. The fourth-order valence-electron chi connectivity index (χ4n) is 1.55. The summed E-state index contributed by atoms with van der Waals surface area (Å²) < 4.78 is 5.24. The number of rotatable bonds is 6. The van der Waals surface area contributed by atoms with Crippen LogP contribution in [0.25, 0.3) is 0 Å². The van der Waals surface area contributed by atoms with Crippen LogP contribution in [0.4, 0.5) is 0 Å². The summed E-state index contributed by atoms with van der Waals surface area (Å²) in [7, 11) is 1.63. The molecule has 1 atom stereocenters. The molecule has 0 saturated heterocycles. The van der Waals surface area contributed by atoms with E-state index in [1.165, 1.54) is 11.8 Å². The number of carboxylic acids is 1. The molecule has 4 heteroatoms. The smallest absolute Gasteiger partial charge is 0.316 e. The largest absolute Gasteiger partial charge is 0.496 e. The standard InChI is InChI=1S/C13H18O3S/c1-9(2)12(13(14)15)17-8-10-6-4-5-7-11(10)16-3/h4-7,9,12H,8H2,1-3H3,(H,14,15). The minimum absolute atomic E-state index is 0.118. The van der Waals surface area contributed by atoms with Gasteiger partial charge in [-0.2, -0.15) is 0 Å². The van der Waals surface area contributed by atoms with Crippen molar-refractivity contribution in [1.29, 1.82) is 0 Å². The van der Waals surface area contributed by atoms with Gasteiger partial charge in [0.25, 0.3) is 0 Å². The Hall–Kier alpha value is -1.16. The number of hydrogen-bond donors (Lipinski definition) is 1. The summed E-state index contributed by atoms with van der Waals surface area (Å²) in [5.41, 5.74) is 1.03. The van der Waals surface area contributed by atoms with Gasteiger partial charge in [-0.3, -0.25) is 4.79 Å². The first kappa shape index (κ1) is 13.9. The second-order valence-corrected chi connectivity index (χ2v) is 5.26. The van der Waals surface area contributed by atoms with Gasteiger partial charge in [0, 0.05) is 11.3 Å². The maximum atomic E-state index is 11.1. The van der Waals surface area contributed by atoms with E-state index in [9.17, 15) is 4.79 Å². The molecule has 1 unspecified atom stereocenters. The zero-order chi connectivity index (χ0) is 12.8. The van der Waals surface area contributed by atoms with Crippen LogP contribution in [0.1, 0.15) is 19.4 Å². The molecule has 1 aromatic carbocycles. The van der Waals surface area contributed by atoms with Gasteiger partial charge >= 0.3 is 5.97 Å². The predicted molar refractivity (Wildman–Crippen MR) is 70.6 cm³/mol. The molecule has 3 nitrogen and oxygen atoms in total. The number of carboxylic acid groups (broad SMARTS) is 1. The molecule has 0 fully saturated rings. The van der Waals surface area contributed by atoms with E-state index in [1.54, 1.807) is 7.11 Å². The molecule has 94 valence electrons. The van der Waals surface area contributed by atoms with Crippen LogP contribution in [0.3, 0.4) is 0 Å². The van der Waals surface area contributed by atoms with Crippen LogP contribution in [0.15, 0.2) is 24.3 Å². The average molecular weight is 254 g/mol. The third kappa shape index (κ3) is 3.97. The van der Waals surface area contributed by atoms with Crippen LogP contribution < -0.4 is 4.74 Å². The van der Waals surface area contributed by atoms with E-state index in [1.807, 2.05) is 38.1 Å². The van der Waals surface area contributed by atoms with E-state index in [2.05, 4.69) is 0 Å². The zero-order valence-electron chi connectivity index (χ0n) is 10.3. The van der Waals surface area contributed by atoms with Gasteiger partial charge < -0.3 is 9.84 Å². The summed E-state index contributed by atoms with van der Waals surface area (Å²) in [5.74, 6) is 0.832. The molecule has 0 saturated carbocycles. The molecule has 0 aliphatic carbocycles. The van der Waals surface area contributed by atoms with Crippen molar-refractivity contribution in [3.63, 3.8) is 0 Å². The highest BCUT2D eigenvalue weighted by Crippen LogP contribution is 2.28. The van der Waals surface area contributed by atoms with Crippen molar-refractivity contribution in [3.8, 4) is 5.75 Å². The van der Waals surface area contributed by atoms with Crippen LogP contribution in [0, 0.1) is 5.92 Å². The average Bonchev–Trinajstić information content (AvgIpc) is 2.29. The summed E-state index contributed by atoms with van der Waals surface area (Å²) >= 11 is 1.44. The lowest BCUT2D eigenvalue weighted by Gasteiger charge is -2.16. The van der Waals surface area contributed by atoms with Crippen LogP contribution in [-0.4, -0.2) is 23.4 Å². The molecule has 0 aromatic heterocycles. The van der Waals surface area contributed by atoms with Crippen molar-refractivity contribution < 1.29 is 14.6 Å². The topological polar surface area (TPSA) is 46.5 Å². The van der Waals surface area contributed by atoms with Crippen LogP contribution >= 0.6 is 11.8 Å². The maximum absolute atomic E-state index is 11.1. The molecule has 0 aliphatic rings. The van der Waals surface area contributed by atoms with Gasteiger partial charge in [-0.05, 0) is 12.0 Å². The Labute approximate surface area is 106 Å². The van der Waals surface area contributed by atoms with E-state index in [0.717, 1.165) is 11.3 Å².